The van der Waals surface area contributed by atoms with Crippen LogP contribution in [0.5, 0.6) is 0 Å². The summed E-state index contributed by atoms with van der Waals surface area (Å²) in [4.78, 5) is 19.2. The lowest BCUT2D eigenvalue weighted by Gasteiger charge is -2.20. The lowest BCUT2D eigenvalue weighted by molar-refractivity contribution is 0.440. The van der Waals surface area contributed by atoms with Gasteiger partial charge in [-0.25, -0.2) is 79.0 Å². The summed E-state index contributed by atoms with van der Waals surface area (Å²) in [6.07, 6.45) is 7.14. The van der Waals surface area contributed by atoms with E-state index in [9.17, 15) is 75.5 Å². The second kappa shape index (κ2) is 37.0. The fourth-order valence-corrected chi connectivity index (χ4v) is 17.0. The van der Waals surface area contributed by atoms with Crippen LogP contribution < -0.4 is 31.3 Å². The SMILES string of the molecule is [C-]#[N+]C([N+]#[C-])=C1C=c2c(c(-c3c(F)c(F)c(CCCC)c(F)c3F)c3c(c2-c2c(F)c(F)c(CCCC)c(F)c2F)CC(=C(C#N)C#N)C=3)C1.[C-]#[N+]C([N+]#[C-])=C1C=c2c(c(-c3cc(F)c(C#N)c(F)c3)c3c(c2-c2cc(F)c(C#N)c(F)c2)CC(=C(C#N)C#N)C=3)C1.[C-]#[N+]C([N+]#[C-])=C1C=c2c(c(-c3cc(F)c(F)c(F)c3)c3c(c2-c2cc(F)c(F)c(F)c2)CC(=C(C#N)C#N)C=3)C1. The molecule has 0 fully saturated rings. The number of hydrogen-bond donors (Lipinski definition) is 0. The summed E-state index contributed by atoms with van der Waals surface area (Å²) < 4.78 is 271. The Balaban J connectivity index is 0.000000169. The van der Waals surface area contributed by atoms with E-state index in [1.165, 1.54) is 36.4 Å². The average molecular weight is 1780 g/mol. The standard InChI is InChI=1S/C38H24F8N4.C32H10F4N6.C30H10F6N4/c1-5-7-9-20-30(39)34(43)28(35(44)31(20)40)26-22-11-17(19(15-47)16-48)12-23(22)27(25-14-18(13-24(25)26)38(49-3)50-4)29-36(45)32(41)21(10-8-6-2)33(42)37(29)46;1-41-32(42-2)18-5-22-23(6-18)31(17-9-28(35)25(14-40)29(36)10-17)21-4-15(19(11-37)12-38)3-20(21)30(22)16-7-26(33)24(13-39)27(34)8-16;1-39-30(40-2)16-5-20-21(6-16)27(15-9-24(33)29(36)25(34)10-15)19-4-13(17(11-37)12-38)3-18(19)26(20)14-7-22(31)28(35)23(32)8-14/h11,14H,5-10,12-13H2,1-2H3;3,6-10H,4-5H2;3,6-10H,4-5H2. The lowest BCUT2D eigenvalue weighted by Crippen LogP contribution is -2.25. The van der Waals surface area contributed by atoms with Crippen molar-refractivity contribution in [2.24, 2.45) is 0 Å². The molecule has 32 heteroatoms. The van der Waals surface area contributed by atoms with E-state index in [-0.39, 0.29) is 195 Å². The van der Waals surface area contributed by atoms with Crippen LogP contribution in [0, 0.1) is 235 Å². The highest BCUT2D eigenvalue weighted by molar-refractivity contribution is 5.92. The zero-order valence-corrected chi connectivity index (χ0v) is 67.6. The molecule has 0 heterocycles. The molecule has 6 aliphatic carbocycles. The number of halogens is 18. The Morgan fingerprint density at radius 2 is 0.462 bits per heavy atom. The van der Waals surface area contributed by atoms with Crippen LogP contribution >= 0.6 is 0 Å². The molecule has 132 heavy (non-hydrogen) atoms. The largest absolute Gasteiger partial charge is 0.522 e. The van der Waals surface area contributed by atoms with Gasteiger partial charge in [-0.2, -0.15) is 71.2 Å². The molecule has 0 radical (unpaired) electrons. The summed E-state index contributed by atoms with van der Waals surface area (Å²) >= 11 is 0. The van der Waals surface area contributed by atoms with Crippen molar-refractivity contribution in [3.8, 4) is 115 Å². The molecule has 9 aromatic carbocycles. The fraction of sp³-hybridized carbons (Fsp3) is 0.140. The summed E-state index contributed by atoms with van der Waals surface area (Å²) in [5.41, 5.74) is -5.85. The van der Waals surface area contributed by atoms with Crippen molar-refractivity contribution in [1.29, 1.82) is 42.1 Å². The van der Waals surface area contributed by atoms with Crippen LogP contribution in [-0.4, -0.2) is 0 Å². The smallest absolute Gasteiger partial charge is 0.205 e. The first-order valence-corrected chi connectivity index (χ1v) is 38.8. The minimum atomic E-state index is -1.80. The molecule has 640 valence electrons. The van der Waals surface area contributed by atoms with Gasteiger partial charge in [0.1, 0.15) is 139 Å². The second-order valence-corrected chi connectivity index (χ2v) is 29.9. The van der Waals surface area contributed by atoms with Gasteiger partial charge in [0.05, 0.1) is 27.8 Å². The van der Waals surface area contributed by atoms with Gasteiger partial charge in [0.2, 0.25) is 0 Å². The molecule has 0 saturated carbocycles. The first-order chi connectivity index (χ1) is 63.2. The number of rotatable bonds is 12. The number of allylic oxidation sites excluding steroid dienone is 9. The van der Waals surface area contributed by atoms with Crippen molar-refractivity contribution >= 4 is 36.5 Å². The Bertz CT molecular complexity index is 7480. The number of nitriles is 8. The van der Waals surface area contributed by atoms with E-state index >= 15 is 35.1 Å². The van der Waals surface area contributed by atoms with Gasteiger partial charge in [0, 0.05) is 30.4 Å². The second-order valence-electron chi connectivity index (χ2n) is 29.9. The Labute approximate surface area is 736 Å². The third-order valence-electron chi connectivity index (χ3n) is 22.8. The van der Waals surface area contributed by atoms with E-state index in [1.54, 1.807) is 50.3 Å². The highest BCUT2D eigenvalue weighted by Crippen LogP contribution is 2.45. The zero-order valence-electron chi connectivity index (χ0n) is 67.6. The van der Waals surface area contributed by atoms with Crippen molar-refractivity contribution in [1.82, 2.24) is 0 Å². The zero-order chi connectivity index (χ0) is 95.8. The summed E-state index contributed by atoms with van der Waals surface area (Å²) in [5, 5.41) is 76.0. The van der Waals surface area contributed by atoms with Gasteiger partial charge < -0.3 is 0 Å². The molecule has 0 aliphatic heterocycles. The molecule has 14 nitrogen and oxygen atoms in total. The minimum Gasteiger partial charge on any atom is -0.205 e. The molecule has 9 aromatic rings. The predicted octanol–water partition coefficient (Wildman–Crippen LogP) is 20.2. The van der Waals surface area contributed by atoms with Gasteiger partial charge in [-0.3, -0.25) is 0 Å². The number of benzene rings is 9. The van der Waals surface area contributed by atoms with Crippen LogP contribution in [0.2, 0.25) is 0 Å². The number of nitrogens with zero attached hydrogens (tertiary/aromatic N) is 14. The van der Waals surface area contributed by atoms with E-state index in [0.717, 1.165) is 60.7 Å². The first-order valence-electron chi connectivity index (χ1n) is 38.8. The van der Waals surface area contributed by atoms with Crippen LogP contribution in [0.25, 0.3) is 132 Å². The predicted molar refractivity (Wildman–Crippen MR) is 440 cm³/mol. The van der Waals surface area contributed by atoms with Crippen molar-refractivity contribution in [2.75, 3.05) is 0 Å². The summed E-state index contributed by atoms with van der Waals surface area (Å²) in [6, 6.07) is 20.2. The summed E-state index contributed by atoms with van der Waals surface area (Å²) in [6.45, 7) is 47.8. The maximum Gasteiger partial charge on any atom is 0.522 e. The highest BCUT2D eigenvalue weighted by Gasteiger charge is 2.40. The van der Waals surface area contributed by atoms with Gasteiger partial charge in [0.25, 0.3) is 0 Å². The number of unbranched alkanes of at least 4 members (excludes halogenated alkanes) is 2. The van der Waals surface area contributed by atoms with E-state index in [0.29, 0.717) is 34.4 Å². The topological polar surface area (TPSA) is 216 Å². The van der Waals surface area contributed by atoms with Crippen molar-refractivity contribution < 1.29 is 79.0 Å². The van der Waals surface area contributed by atoms with Gasteiger partial charge >= 0.3 is 17.5 Å². The number of fused-ring (bicyclic) bond motifs is 6. The highest BCUT2D eigenvalue weighted by atomic mass is 19.2. The Hall–Kier alpha value is -17.8. The molecular formula is C100H44F18N14. The fourth-order valence-electron chi connectivity index (χ4n) is 17.0. The molecule has 0 spiro atoms. The molecule has 0 unspecified atom stereocenters. The van der Waals surface area contributed by atoms with Gasteiger partial charge in [-0.05, 0) is 249 Å². The molecule has 0 N–H and O–H groups in total. The molecule has 6 aliphatic rings. The number of hydrogen-bond acceptors (Lipinski definition) is 8. The third-order valence-corrected chi connectivity index (χ3v) is 22.8. The van der Waals surface area contributed by atoms with Gasteiger partial charge in [-0.15, -0.1) is 0 Å². The van der Waals surface area contributed by atoms with E-state index < -0.39 is 173 Å². The molecular weight excluding hydrogens is 1740 g/mol. The van der Waals surface area contributed by atoms with E-state index in [1.807, 2.05) is 0 Å². The summed E-state index contributed by atoms with van der Waals surface area (Å²) in [5.74, 6) is -29.1. The van der Waals surface area contributed by atoms with Crippen LogP contribution in [0.15, 0.2) is 116 Å². The third kappa shape index (κ3) is 15.6. The molecule has 0 amide bonds. The minimum absolute atomic E-state index is 0.00460. The van der Waals surface area contributed by atoms with Crippen LogP contribution in [0.3, 0.4) is 0 Å². The van der Waals surface area contributed by atoms with Crippen LogP contribution in [0.4, 0.5) is 79.0 Å². The molecule has 0 atom stereocenters. The molecule has 0 aromatic heterocycles. The Morgan fingerprint density at radius 1 is 0.265 bits per heavy atom. The van der Waals surface area contributed by atoms with Crippen molar-refractivity contribution in [2.45, 2.75) is 90.9 Å². The summed E-state index contributed by atoms with van der Waals surface area (Å²) in [7, 11) is 0. The molecule has 15 rings (SSSR count). The maximum absolute atomic E-state index is 16.1. The monoisotopic (exact) mass is 1780 g/mol. The molecule has 0 bridgehead atoms. The Kier molecular flexibility index (Phi) is 25.8. The van der Waals surface area contributed by atoms with Crippen LogP contribution in [0.1, 0.15) is 95.2 Å². The van der Waals surface area contributed by atoms with Crippen molar-refractivity contribution in [3.63, 3.8) is 0 Å². The van der Waals surface area contributed by atoms with Gasteiger partial charge in [-0.1, -0.05) is 44.9 Å². The normalized spacial score (nSPS) is 12.6. The van der Waals surface area contributed by atoms with Gasteiger partial charge in [0.15, 0.2) is 81.4 Å². The molecule has 0 saturated heterocycles. The van der Waals surface area contributed by atoms with E-state index in [4.69, 9.17) is 50.0 Å². The lowest BCUT2D eigenvalue weighted by atomic mass is 9.85. The van der Waals surface area contributed by atoms with E-state index in [2.05, 4.69) is 29.1 Å². The maximum atomic E-state index is 16.1. The average Bonchev–Trinajstić information content (AvgIpc) is 1.48. The van der Waals surface area contributed by atoms with Crippen molar-refractivity contribution in [3.05, 3.63) is 376 Å². The van der Waals surface area contributed by atoms with Crippen LogP contribution in [-0.2, 0) is 51.4 Å². The quantitative estimate of drug-likeness (QED) is 0.0376. The first kappa shape index (κ1) is 91.9. The Morgan fingerprint density at radius 3 is 0.667 bits per heavy atom.